The molecule has 0 fully saturated rings. The molecule has 0 bridgehead atoms. The third kappa shape index (κ3) is 6.96. The van der Waals surface area contributed by atoms with Gasteiger partial charge in [0, 0.05) is 6.54 Å². The summed E-state index contributed by atoms with van der Waals surface area (Å²) in [6.45, 7) is 0.355. The lowest BCUT2D eigenvalue weighted by atomic mass is 9.94. The molecule has 3 aromatic carbocycles. The highest BCUT2D eigenvalue weighted by molar-refractivity contribution is 5.99. The molecule has 1 atom stereocenters. The number of esters is 1. The fourth-order valence-electron chi connectivity index (χ4n) is 3.40. The van der Waals surface area contributed by atoms with Crippen LogP contribution in [-0.2, 0) is 33.7 Å². The molecule has 0 heterocycles. The molecular formula is C27H27NO3. The average Bonchev–Trinajstić information content (AvgIpc) is 2.82. The SMILES string of the molecule is COC(=O)C(C=C(Cc1ccccc1)Cc1ccccc1)C(=O)NCc1ccccc1. The van der Waals surface area contributed by atoms with Crippen LogP contribution in [0.25, 0.3) is 0 Å². The first-order valence-electron chi connectivity index (χ1n) is 10.3. The Morgan fingerprint density at radius 2 is 1.23 bits per heavy atom. The van der Waals surface area contributed by atoms with Crippen molar-refractivity contribution in [3.05, 3.63) is 119 Å². The molecule has 31 heavy (non-hydrogen) atoms. The van der Waals surface area contributed by atoms with Crippen LogP contribution in [0.15, 0.2) is 103 Å². The van der Waals surface area contributed by atoms with E-state index >= 15 is 0 Å². The molecule has 4 heteroatoms. The van der Waals surface area contributed by atoms with Gasteiger partial charge in [-0.05, 0) is 29.5 Å². The van der Waals surface area contributed by atoms with Gasteiger partial charge in [-0.2, -0.15) is 0 Å². The summed E-state index contributed by atoms with van der Waals surface area (Å²) in [6.07, 6.45) is 3.05. The van der Waals surface area contributed by atoms with Crippen LogP contribution in [0, 0.1) is 5.92 Å². The third-order valence-electron chi connectivity index (χ3n) is 5.00. The van der Waals surface area contributed by atoms with E-state index in [-0.39, 0.29) is 5.91 Å². The highest BCUT2D eigenvalue weighted by Gasteiger charge is 2.26. The predicted octanol–water partition coefficient (Wildman–Crippen LogP) is 4.50. The Bertz CT molecular complexity index is 955. The lowest BCUT2D eigenvalue weighted by molar-refractivity contribution is -0.147. The van der Waals surface area contributed by atoms with Gasteiger partial charge in [-0.15, -0.1) is 0 Å². The van der Waals surface area contributed by atoms with Crippen LogP contribution in [0.5, 0.6) is 0 Å². The molecule has 0 saturated carbocycles. The van der Waals surface area contributed by atoms with E-state index in [0.717, 1.165) is 22.3 Å². The number of allylic oxidation sites excluding steroid dienone is 1. The number of rotatable bonds is 9. The summed E-state index contributed by atoms with van der Waals surface area (Å²) >= 11 is 0. The van der Waals surface area contributed by atoms with Gasteiger partial charge in [0.15, 0.2) is 5.92 Å². The van der Waals surface area contributed by atoms with E-state index in [2.05, 4.69) is 5.32 Å². The van der Waals surface area contributed by atoms with Gasteiger partial charge >= 0.3 is 5.97 Å². The molecule has 0 aliphatic carbocycles. The van der Waals surface area contributed by atoms with Crippen LogP contribution >= 0.6 is 0 Å². The van der Waals surface area contributed by atoms with Crippen LogP contribution in [0.3, 0.4) is 0 Å². The number of ether oxygens (including phenoxy) is 1. The van der Waals surface area contributed by atoms with Crippen molar-refractivity contribution in [3.63, 3.8) is 0 Å². The number of hydrogen-bond donors (Lipinski definition) is 1. The van der Waals surface area contributed by atoms with Crippen molar-refractivity contribution in [2.45, 2.75) is 19.4 Å². The lowest BCUT2D eigenvalue weighted by Gasteiger charge is -2.15. The summed E-state index contributed by atoms with van der Waals surface area (Å²) in [5, 5.41) is 2.86. The molecular weight excluding hydrogens is 386 g/mol. The second kappa shape index (κ2) is 11.5. The van der Waals surface area contributed by atoms with Crippen molar-refractivity contribution in [2.24, 2.45) is 5.92 Å². The average molecular weight is 414 g/mol. The molecule has 0 aliphatic heterocycles. The second-order valence-electron chi connectivity index (χ2n) is 7.35. The van der Waals surface area contributed by atoms with Gasteiger partial charge in [-0.3, -0.25) is 9.59 Å². The van der Waals surface area contributed by atoms with Crippen molar-refractivity contribution < 1.29 is 14.3 Å². The van der Waals surface area contributed by atoms with Gasteiger partial charge in [0.25, 0.3) is 0 Å². The maximum absolute atomic E-state index is 12.9. The van der Waals surface area contributed by atoms with E-state index in [0.29, 0.717) is 19.4 Å². The lowest BCUT2D eigenvalue weighted by Crippen LogP contribution is -2.35. The predicted molar refractivity (Wildman–Crippen MR) is 122 cm³/mol. The maximum Gasteiger partial charge on any atom is 0.322 e. The Morgan fingerprint density at radius 1 is 0.774 bits per heavy atom. The molecule has 0 aliphatic rings. The summed E-state index contributed by atoms with van der Waals surface area (Å²) in [7, 11) is 1.31. The van der Waals surface area contributed by atoms with E-state index in [1.165, 1.54) is 7.11 Å². The van der Waals surface area contributed by atoms with Crippen molar-refractivity contribution in [1.29, 1.82) is 0 Å². The molecule has 0 spiro atoms. The summed E-state index contributed by atoms with van der Waals surface area (Å²) in [5.74, 6) is -1.94. The number of methoxy groups -OCH3 is 1. The van der Waals surface area contributed by atoms with Crippen LogP contribution in [0.1, 0.15) is 16.7 Å². The van der Waals surface area contributed by atoms with Gasteiger partial charge in [0.1, 0.15) is 0 Å². The number of carbonyl (C=O) groups excluding carboxylic acids is 2. The molecule has 0 radical (unpaired) electrons. The number of benzene rings is 3. The van der Waals surface area contributed by atoms with E-state index in [1.807, 2.05) is 91.0 Å². The van der Waals surface area contributed by atoms with Crippen molar-refractivity contribution >= 4 is 11.9 Å². The second-order valence-corrected chi connectivity index (χ2v) is 7.35. The fourth-order valence-corrected chi connectivity index (χ4v) is 3.40. The molecule has 4 nitrogen and oxygen atoms in total. The van der Waals surface area contributed by atoms with Gasteiger partial charge in [0.05, 0.1) is 7.11 Å². The zero-order valence-electron chi connectivity index (χ0n) is 17.7. The highest BCUT2D eigenvalue weighted by Crippen LogP contribution is 2.18. The molecule has 158 valence electrons. The van der Waals surface area contributed by atoms with Gasteiger partial charge in [-0.25, -0.2) is 0 Å². The number of hydrogen-bond acceptors (Lipinski definition) is 3. The minimum atomic E-state index is -1.00. The van der Waals surface area contributed by atoms with Crippen LogP contribution in [0.4, 0.5) is 0 Å². The van der Waals surface area contributed by atoms with E-state index < -0.39 is 11.9 Å². The molecule has 0 saturated heterocycles. The van der Waals surface area contributed by atoms with Gasteiger partial charge < -0.3 is 10.1 Å². The Labute approximate surface area is 183 Å². The first-order valence-corrected chi connectivity index (χ1v) is 10.3. The standard InChI is InChI=1S/C27H27NO3/c1-31-27(30)25(26(29)28-20-23-15-9-4-10-16-23)19-24(17-21-11-5-2-6-12-21)18-22-13-7-3-8-14-22/h2-16,19,25H,17-18,20H2,1H3,(H,28,29). The van der Waals surface area contributed by atoms with Crippen molar-refractivity contribution in [2.75, 3.05) is 7.11 Å². The Hall–Kier alpha value is -3.66. The van der Waals surface area contributed by atoms with Crippen LogP contribution in [0.2, 0.25) is 0 Å². The third-order valence-corrected chi connectivity index (χ3v) is 5.00. The Balaban J connectivity index is 1.83. The normalized spacial score (nSPS) is 11.3. The minimum absolute atomic E-state index is 0.355. The molecule has 3 rings (SSSR count). The first-order chi connectivity index (χ1) is 15.2. The van der Waals surface area contributed by atoms with Crippen LogP contribution in [-0.4, -0.2) is 19.0 Å². The van der Waals surface area contributed by atoms with Gasteiger partial charge in [0.2, 0.25) is 5.91 Å². The summed E-state index contributed by atoms with van der Waals surface area (Å²) in [6, 6.07) is 29.7. The summed E-state index contributed by atoms with van der Waals surface area (Å²) in [4.78, 5) is 25.4. The number of amides is 1. The first kappa shape index (κ1) is 22.0. The molecule has 1 unspecified atom stereocenters. The van der Waals surface area contributed by atoms with Crippen molar-refractivity contribution in [1.82, 2.24) is 5.32 Å². The minimum Gasteiger partial charge on any atom is -0.468 e. The molecule has 1 amide bonds. The summed E-state index contributed by atoms with van der Waals surface area (Å²) in [5.41, 5.74) is 4.20. The quantitative estimate of drug-likeness (QED) is 0.319. The Kier molecular flexibility index (Phi) is 8.18. The number of carbonyl (C=O) groups is 2. The molecule has 3 aromatic rings. The van der Waals surface area contributed by atoms with Crippen molar-refractivity contribution in [3.8, 4) is 0 Å². The van der Waals surface area contributed by atoms with E-state index in [1.54, 1.807) is 6.08 Å². The summed E-state index contributed by atoms with van der Waals surface area (Å²) < 4.78 is 4.94. The van der Waals surface area contributed by atoms with E-state index in [4.69, 9.17) is 4.74 Å². The molecule has 0 aromatic heterocycles. The maximum atomic E-state index is 12.9. The molecule has 1 N–H and O–H groups in total. The fraction of sp³-hybridized carbons (Fsp3) is 0.185. The zero-order chi connectivity index (χ0) is 21.9. The topological polar surface area (TPSA) is 55.4 Å². The highest BCUT2D eigenvalue weighted by atomic mass is 16.5. The Morgan fingerprint density at radius 3 is 1.68 bits per heavy atom. The van der Waals surface area contributed by atoms with Gasteiger partial charge in [-0.1, -0.05) is 103 Å². The van der Waals surface area contributed by atoms with Crippen LogP contribution < -0.4 is 5.32 Å². The zero-order valence-corrected chi connectivity index (χ0v) is 17.7. The number of nitrogens with one attached hydrogen (secondary N) is 1. The largest absolute Gasteiger partial charge is 0.468 e. The van der Waals surface area contributed by atoms with E-state index in [9.17, 15) is 9.59 Å². The smallest absolute Gasteiger partial charge is 0.322 e. The monoisotopic (exact) mass is 413 g/mol.